The molecule has 0 aliphatic heterocycles. The van der Waals surface area contributed by atoms with Gasteiger partial charge in [0.1, 0.15) is 0 Å². The smallest absolute Gasteiger partial charge is 0.228 e. The van der Waals surface area contributed by atoms with Crippen molar-refractivity contribution in [2.45, 2.75) is 0 Å². The maximum Gasteiger partial charge on any atom is 0.228 e. The van der Waals surface area contributed by atoms with Gasteiger partial charge in [0.2, 0.25) is 11.5 Å². The number of ketones is 2. The van der Waals surface area contributed by atoms with Crippen molar-refractivity contribution in [2.75, 3.05) is 28.4 Å². The van der Waals surface area contributed by atoms with Gasteiger partial charge in [-0.2, -0.15) is 0 Å². The Hall–Kier alpha value is -3.02. The summed E-state index contributed by atoms with van der Waals surface area (Å²) in [6, 6.07) is 5.09. The predicted molar refractivity (Wildman–Crippen MR) is 87.4 cm³/mol. The number of carbonyl (C=O) groups excluding carboxylic acids is 2. The highest BCUT2D eigenvalue weighted by molar-refractivity contribution is 6.29. The number of ether oxygens (including phenoxy) is 4. The van der Waals surface area contributed by atoms with Crippen LogP contribution in [0.15, 0.2) is 30.0 Å². The minimum absolute atomic E-state index is 0.0197. The molecule has 0 spiro atoms. The second-order valence-electron chi connectivity index (χ2n) is 5.14. The molecule has 0 fully saturated rings. The first kappa shape index (κ1) is 15.9. The van der Waals surface area contributed by atoms with Crippen molar-refractivity contribution in [3.63, 3.8) is 0 Å². The van der Waals surface area contributed by atoms with Crippen molar-refractivity contribution in [3.05, 3.63) is 41.2 Å². The quantitative estimate of drug-likeness (QED) is 0.859. The molecule has 0 bridgehead atoms. The molecule has 0 saturated heterocycles. The van der Waals surface area contributed by atoms with Crippen molar-refractivity contribution >= 4 is 22.3 Å². The molecule has 0 aromatic heterocycles. The van der Waals surface area contributed by atoms with E-state index in [9.17, 15) is 9.59 Å². The van der Waals surface area contributed by atoms with Crippen molar-refractivity contribution in [1.29, 1.82) is 0 Å². The van der Waals surface area contributed by atoms with E-state index in [2.05, 4.69) is 0 Å². The fourth-order valence-electron chi connectivity index (χ4n) is 2.94. The lowest BCUT2D eigenvalue weighted by Gasteiger charge is -2.20. The van der Waals surface area contributed by atoms with Crippen molar-refractivity contribution in [3.8, 4) is 17.2 Å². The lowest BCUT2D eigenvalue weighted by atomic mass is 9.88. The van der Waals surface area contributed by atoms with E-state index in [4.69, 9.17) is 18.9 Å². The van der Waals surface area contributed by atoms with Crippen LogP contribution in [0.1, 0.15) is 20.7 Å². The average molecular weight is 328 g/mol. The Morgan fingerprint density at radius 3 is 2.12 bits per heavy atom. The Bertz CT molecular complexity index is 894. The van der Waals surface area contributed by atoms with Gasteiger partial charge in [0.05, 0.1) is 28.4 Å². The summed E-state index contributed by atoms with van der Waals surface area (Å²) in [5.74, 6) is 0.543. The molecule has 0 amide bonds. The summed E-state index contributed by atoms with van der Waals surface area (Å²) >= 11 is 0. The molecule has 6 heteroatoms. The van der Waals surface area contributed by atoms with E-state index >= 15 is 0 Å². The molecule has 0 radical (unpaired) electrons. The molecule has 0 N–H and O–H groups in total. The number of hydrogen-bond donors (Lipinski definition) is 0. The Morgan fingerprint density at radius 2 is 1.54 bits per heavy atom. The maximum absolute atomic E-state index is 12.6. The van der Waals surface area contributed by atoms with Crippen molar-refractivity contribution in [1.82, 2.24) is 0 Å². The monoisotopic (exact) mass is 328 g/mol. The highest BCUT2D eigenvalue weighted by atomic mass is 16.5. The van der Waals surface area contributed by atoms with Crippen LogP contribution in [0.25, 0.3) is 10.8 Å². The normalized spacial score (nSPS) is 13.4. The topological polar surface area (TPSA) is 71.1 Å². The third-order valence-corrected chi connectivity index (χ3v) is 4.01. The molecule has 3 rings (SSSR count). The van der Waals surface area contributed by atoms with E-state index in [1.54, 1.807) is 18.2 Å². The van der Waals surface area contributed by atoms with Crippen LogP contribution < -0.4 is 14.2 Å². The summed E-state index contributed by atoms with van der Waals surface area (Å²) in [6.07, 6.45) is 1.19. The van der Waals surface area contributed by atoms with E-state index < -0.39 is 0 Å². The van der Waals surface area contributed by atoms with Gasteiger partial charge < -0.3 is 18.9 Å². The first-order chi connectivity index (χ1) is 11.6. The summed E-state index contributed by atoms with van der Waals surface area (Å²) < 4.78 is 21.2. The van der Waals surface area contributed by atoms with Crippen LogP contribution in [-0.4, -0.2) is 40.0 Å². The fourth-order valence-corrected chi connectivity index (χ4v) is 2.94. The van der Waals surface area contributed by atoms with Gasteiger partial charge in [-0.25, -0.2) is 0 Å². The minimum Gasteiger partial charge on any atom is -0.493 e. The molecule has 0 saturated carbocycles. The maximum atomic E-state index is 12.6. The number of benzene rings is 2. The summed E-state index contributed by atoms with van der Waals surface area (Å²) in [6.45, 7) is 0. The van der Waals surface area contributed by atoms with Crippen LogP contribution >= 0.6 is 0 Å². The third-order valence-electron chi connectivity index (χ3n) is 4.01. The third kappa shape index (κ3) is 2.11. The van der Waals surface area contributed by atoms with Crippen LogP contribution in [0.4, 0.5) is 0 Å². The first-order valence-corrected chi connectivity index (χ1v) is 7.17. The molecule has 124 valence electrons. The van der Waals surface area contributed by atoms with E-state index in [1.165, 1.54) is 34.5 Å². The van der Waals surface area contributed by atoms with Gasteiger partial charge in [0, 0.05) is 22.6 Å². The molecular weight excluding hydrogens is 312 g/mol. The number of allylic oxidation sites excluding steroid dienone is 2. The minimum atomic E-state index is -0.342. The zero-order chi connectivity index (χ0) is 17.4. The predicted octanol–water partition coefficient (Wildman–Crippen LogP) is 2.77. The zero-order valence-electron chi connectivity index (χ0n) is 13.8. The van der Waals surface area contributed by atoms with Gasteiger partial charge in [-0.15, -0.1) is 0 Å². The first-order valence-electron chi connectivity index (χ1n) is 7.17. The highest BCUT2D eigenvalue weighted by Crippen LogP contribution is 2.46. The van der Waals surface area contributed by atoms with Gasteiger partial charge >= 0.3 is 0 Å². The van der Waals surface area contributed by atoms with E-state index in [0.29, 0.717) is 28.0 Å². The Kier molecular flexibility index (Phi) is 3.89. The Balaban J connectivity index is 2.44. The average Bonchev–Trinajstić information content (AvgIpc) is 2.61. The van der Waals surface area contributed by atoms with Crippen molar-refractivity contribution in [2.24, 2.45) is 0 Å². The second kappa shape index (κ2) is 5.88. The second-order valence-corrected chi connectivity index (χ2v) is 5.14. The molecule has 0 atom stereocenters. The molecule has 6 nitrogen and oxygen atoms in total. The lowest BCUT2D eigenvalue weighted by Crippen LogP contribution is -2.18. The molecule has 0 unspecified atom stereocenters. The number of rotatable bonds is 4. The molecule has 24 heavy (non-hydrogen) atoms. The van der Waals surface area contributed by atoms with Crippen LogP contribution in [-0.2, 0) is 4.74 Å². The number of Topliss-reactive ketones (excluding diaryl/α,β-unsaturated/α-hetero) is 1. The van der Waals surface area contributed by atoms with Gasteiger partial charge in [-0.3, -0.25) is 9.59 Å². The fraction of sp³-hybridized carbons (Fsp3) is 0.222. The van der Waals surface area contributed by atoms with E-state index in [0.717, 1.165) is 0 Å². The zero-order valence-corrected chi connectivity index (χ0v) is 13.8. The molecule has 1 aliphatic carbocycles. The molecule has 0 heterocycles. The number of hydrogen-bond acceptors (Lipinski definition) is 6. The molecule has 1 aliphatic rings. The van der Waals surface area contributed by atoms with Gasteiger partial charge in [0.25, 0.3) is 0 Å². The lowest BCUT2D eigenvalue weighted by molar-refractivity contribution is 0.0917. The largest absolute Gasteiger partial charge is 0.493 e. The highest BCUT2D eigenvalue weighted by Gasteiger charge is 2.31. The van der Waals surface area contributed by atoms with E-state index in [-0.39, 0.29) is 28.5 Å². The number of carbonyl (C=O) groups is 2. The van der Waals surface area contributed by atoms with Crippen molar-refractivity contribution < 1.29 is 28.5 Å². The Labute approximate surface area is 138 Å². The summed E-state index contributed by atoms with van der Waals surface area (Å²) in [5, 5.41) is 1.22. The molecule has 2 aromatic carbocycles. The van der Waals surface area contributed by atoms with Gasteiger partial charge in [-0.05, 0) is 17.5 Å². The van der Waals surface area contributed by atoms with Gasteiger partial charge in [0.15, 0.2) is 23.0 Å². The number of methoxy groups -OCH3 is 4. The summed E-state index contributed by atoms with van der Waals surface area (Å²) in [4.78, 5) is 25.1. The molecular formula is C18H16O6. The van der Waals surface area contributed by atoms with Gasteiger partial charge in [-0.1, -0.05) is 6.07 Å². The summed E-state index contributed by atoms with van der Waals surface area (Å²) in [7, 11) is 5.83. The van der Waals surface area contributed by atoms with Crippen LogP contribution in [0.5, 0.6) is 17.2 Å². The SMILES string of the molecule is COC1=CC(=O)c2c(ccc3cc(OC)c(OC)c(OC)c23)C1=O. The number of fused-ring (bicyclic) bond motifs is 3. The van der Waals surface area contributed by atoms with E-state index in [1.807, 2.05) is 0 Å². The van der Waals surface area contributed by atoms with Crippen LogP contribution in [0, 0.1) is 0 Å². The standard InChI is InChI=1S/C18H16O6/c1-21-12-8-11(19)15-10(16(12)20)6-5-9-7-13(22-2)17(23-3)18(24-4)14(9)15/h5-8H,1-4H3. The molecule has 2 aromatic rings. The summed E-state index contributed by atoms with van der Waals surface area (Å²) in [5.41, 5.74) is 0.550. The Morgan fingerprint density at radius 1 is 0.833 bits per heavy atom. The van der Waals surface area contributed by atoms with Crippen LogP contribution in [0.3, 0.4) is 0 Å². The van der Waals surface area contributed by atoms with Crippen LogP contribution in [0.2, 0.25) is 0 Å².